The molecule has 0 saturated carbocycles. The SMILES string of the molecule is C=CC1C[N+]2(Cc3ccc(-c4nc(-c5ccc(C[N+]67CCC(CC6C(OCc6ccccc6)c6ccnc8ccccc68)C(C=C)C7)cc5)nc(-c5ccc(C[N+]67CCC(CC6C(OCc6ccccc6)c6ccnc8ccccc68)C(C=C)C7)cc5)n4)cc3)CCC1CC2C(OCc1ccccc1)c1ccnc2ccccc12. The third-order valence-electron chi connectivity index (χ3n) is 27.6. The van der Waals surface area contributed by atoms with Crippen molar-refractivity contribution in [3.8, 4) is 34.2 Å². The van der Waals surface area contributed by atoms with Gasteiger partial charge in [0.05, 0.1) is 75.6 Å². The first-order valence-corrected chi connectivity index (χ1v) is 41.6. The molecule has 0 N–H and O–H groups in total. The zero-order valence-corrected chi connectivity index (χ0v) is 65.2. The monoisotopic (exact) mass is 1500 g/mol. The van der Waals surface area contributed by atoms with Gasteiger partial charge >= 0.3 is 0 Å². The van der Waals surface area contributed by atoms with E-state index >= 15 is 0 Å². The lowest BCUT2D eigenvalue weighted by atomic mass is 9.71. The summed E-state index contributed by atoms with van der Waals surface area (Å²) in [6, 6.07) is 92.5. The molecular weight excluding hydrogens is 1400 g/mol. The van der Waals surface area contributed by atoms with E-state index in [1.165, 1.54) is 50.1 Å². The predicted molar refractivity (Wildman–Crippen MR) is 455 cm³/mol. The summed E-state index contributed by atoms with van der Waals surface area (Å²) in [5.74, 6) is 4.80. The number of nitrogens with zero attached hydrogens (tertiary/aromatic N) is 9. The number of hydrogen-bond acceptors (Lipinski definition) is 9. The molecule has 12 heteroatoms. The van der Waals surface area contributed by atoms with Crippen LogP contribution in [0.25, 0.3) is 66.9 Å². The number of hydrogen-bond donors (Lipinski definition) is 0. The summed E-state index contributed by atoms with van der Waals surface area (Å²) in [5, 5.41) is 3.47. The Labute approximate surface area is 671 Å². The molecule has 9 aliphatic rings. The molecule has 570 valence electrons. The van der Waals surface area contributed by atoms with E-state index in [1.54, 1.807) is 0 Å². The second-order valence-corrected chi connectivity index (χ2v) is 33.9. The Morgan fingerprint density at radius 1 is 0.316 bits per heavy atom. The molecule has 9 aliphatic heterocycles. The average Bonchev–Trinajstić information content (AvgIpc) is 0.740. The normalized spacial score (nSPS) is 25.6. The number of para-hydroxylation sites is 3. The molecule has 13 aromatic rings. The Morgan fingerprint density at radius 3 is 0.868 bits per heavy atom. The highest BCUT2D eigenvalue weighted by Crippen LogP contribution is 2.54. The third-order valence-corrected chi connectivity index (χ3v) is 27.6. The van der Waals surface area contributed by atoms with Gasteiger partial charge in [0.25, 0.3) is 0 Å². The van der Waals surface area contributed by atoms with Crippen molar-refractivity contribution >= 4 is 32.7 Å². The zero-order chi connectivity index (χ0) is 76.6. The van der Waals surface area contributed by atoms with E-state index in [4.69, 9.17) is 44.1 Å². The predicted octanol–water partition coefficient (Wildman–Crippen LogP) is 21.1. The molecule has 0 amide bonds. The fourth-order valence-electron chi connectivity index (χ4n) is 21.8. The van der Waals surface area contributed by atoms with E-state index in [-0.39, 0.29) is 36.4 Å². The van der Waals surface area contributed by atoms with Crippen LogP contribution in [0.1, 0.15) is 107 Å². The number of piperidine rings is 9. The van der Waals surface area contributed by atoms with E-state index in [0.717, 1.165) is 160 Å². The maximum atomic E-state index is 7.35. The molecule has 0 spiro atoms. The second-order valence-electron chi connectivity index (χ2n) is 33.9. The fourth-order valence-corrected chi connectivity index (χ4v) is 21.8. The van der Waals surface area contributed by atoms with Crippen LogP contribution >= 0.6 is 0 Å². The molecule has 12 nitrogen and oxygen atoms in total. The van der Waals surface area contributed by atoms with Gasteiger partial charge in [-0.25, -0.2) is 15.0 Å². The topological polar surface area (TPSA) is 105 Å². The smallest absolute Gasteiger partial charge is 0.164 e. The first-order chi connectivity index (χ1) is 56.2. The summed E-state index contributed by atoms with van der Waals surface area (Å²) in [4.78, 5) is 31.1. The number of quaternary nitrogens is 3. The molecule has 0 radical (unpaired) electrons. The van der Waals surface area contributed by atoms with Gasteiger partial charge in [-0.05, 0) is 87.5 Å². The largest absolute Gasteiger partial charge is 0.363 e. The fraction of sp³-hybridized carbons (Fsp3) is 0.294. The highest BCUT2D eigenvalue weighted by molar-refractivity contribution is 5.84. The van der Waals surface area contributed by atoms with Crippen LogP contribution in [0, 0.1) is 35.5 Å². The molecular formula is C102H102N9O3+3. The summed E-state index contributed by atoms with van der Waals surface area (Å²) in [7, 11) is 0. The third kappa shape index (κ3) is 14.4. The lowest BCUT2D eigenvalue weighted by molar-refractivity contribution is -0.985. The average molecular weight is 1500 g/mol. The van der Waals surface area contributed by atoms with Crippen molar-refractivity contribution in [3.05, 3.63) is 361 Å². The van der Waals surface area contributed by atoms with Crippen LogP contribution in [0.5, 0.6) is 0 Å². The maximum absolute atomic E-state index is 7.35. The van der Waals surface area contributed by atoms with Crippen molar-refractivity contribution < 1.29 is 27.7 Å². The minimum absolute atomic E-state index is 0.159. The molecule has 6 bridgehead atoms. The minimum Gasteiger partial charge on any atom is -0.363 e. The number of aromatic nitrogens is 6. The number of pyridine rings is 3. The Hall–Kier alpha value is -10.8. The lowest BCUT2D eigenvalue weighted by Crippen LogP contribution is -2.67. The van der Waals surface area contributed by atoms with Gasteiger partial charge < -0.3 is 27.7 Å². The van der Waals surface area contributed by atoms with Crippen molar-refractivity contribution in [2.24, 2.45) is 35.5 Å². The summed E-state index contributed by atoms with van der Waals surface area (Å²) in [6.07, 6.45) is 18.8. The van der Waals surface area contributed by atoms with Gasteiger partial charge in [-0.3, -0.25) is 15.0 Å². The molecule has 15 unspecified atom stereocenters. The van der Waals surface area contributed by atoms with Crippen molar-refractivity contribution in [1.29, 1.82) is 0 Å². The van der Waals surface area contributed by atoms with E-state index in [1.807, 2.05) is 18.6 Å². The first kappa shape index (κ1) is 73.4. The Kier molecular flexibility index (Phi) is 20.5. The van der Waals surface area contributed by atoms with Crippen LogP contribution in [0.3, 0.4) is 0 Å². The highest BCUT2D eigenvalue weighted by Gasteiger charge is 2.58. The maximum Gasteiger partial charge on any atom is 0.164 e. The van der Waals surface area contributed by atoms with Gasteiger partial charge in [-0.2, -0.15) is 0 Å². The summed E-state index contributed by atoms with van der Waals surface area (Å²) in [5.41, 5.74) is 16.8. The van der Waals surface area contributed by atoms with Gasteiger partial charge in [0.15, 0.2) is 17.5 Å². The second kappa shape index (κ2) is 31.9. The molecule has 22 rings (SSSR count). The number of benzene rings is 9. The van der Waals surface area contributed by atoms with Crippen LogP contribution in [-0.2, 0) is 53.7 Å². The van der Waals surface area contributed by atoms with E-state index in [9.17, 15) is 0 Å². The van der Waals surface area contributed by atoms with Crippen molar-refractivity contribution in [2.75, 3.05) is 39.3 Å². The standard InChI is InChI=1S/C102H102N9O3/c1-4-76-64-109(55-49-82(76)58-94(109)97(112-67-73-22-10-7-11-23-73)88-46-52-103-91-31-19-16-28-85(88)91)61-70-34-40-79(41-35-70)100-106-101(80-42-36-71(37-43-80)62-110-56-50-83(77(5-2)65-110)59-95(110)98(113-68-74-24-12-8-13-25-74)89-47-53-104-92-32-20-17-29-86(89)92)108-102(107-100)81-44-38-72(39-45-81)63-111-57-51-84(78(6-3)66-111)60-96(111)99(114-69-75-26-14-9-15-27-75)90-48-54-105-93-33-21-18-30-87(90)93/h4-48,52-54,76-78,82-84,94-99H,1-3,49-51,55-69H2/q+3. The van der Waals surface area contributed by atoms with Gasteiger partial charge in [0.1, 0.15) is 56.1 Å². The summed E-state index contributed by atoms with van der Waals surface area (Å²) >= 11 is 0. The molecule has 114 heavy (non-hydrogen) atoms. The first-order valence-electron chi connectivity index (χ1n) is 41.6. The van der Waals surface area contributed by atoms with Crippen LogP contribution in [-0.4, -0.2) is 101 Å². The Morgan fingerprint density at radius 2 is 0.588 bits per heavy atom. The number of ether oxygens (including phenoxy) is 3. The molecule has 9 aromatic carbocycles. The van der Waals surface area contributed by atoms with E-state index < -0.39 is 0 Å². The summed E-state index contributed by atoms with van der Waals surface area (Å²) < 4.78 is 24.8. The molecule has 9 saturated heterocycles. The highest BCUT2D eigenvalue weighted by atomic mass is 16.5. The molecule has 9 fully saturated rings. The van der Waals surface area contributed by atoms with Crippen LogP contribution < -0.4 is 0 Å². The van der Waals surface area contributed by atoms with Crippen LogP contribution in [0.2, 0.25) is 0 Å². The minimum atomic E-state index is -0.159. The molecule has 13 heterocycles. The van der Waals surface area contributed by atoms with Gasteiger partial charge in [-0.15, -0.1) is 19.7 Å². The van der Waals surface area contributed by atoms with Gasteiger partial charge in [0, 0.05) is 124 Å². The quantitative estimate of drug-likeness (QED) is 0.0368. The Bertz CT molecular complexity index is 5020. The van der Waals surface area contributed by atoms with Crippen LogP contribution in [0.4, 0.5) is 0 Å². The summed E-state index contributed by atoms with van der Waals surface area (Å²) in [6.45, 7) is 23.8. The van der Waals surface area contributed by atoms with Crippen molar-refractivity contribution in [1.82, 2.24) is 29.9 Å². The Balaban J connectivity index is 0.668. The lowest BCUT2D eigenvalue weighted by Gasteiger charge is -2.58. The zero-order valence-electron chi connectivity index (χ0n) is 65.2. The van der Waals surface area contributed by atoms with Crippen molar-refractivity contribution in [3.63, 3.8) is 0 Å². The van der Waals surface area contributed by atoms with E-state index in [2.05, 4.69) is 293 Å². The van der Waals surface area contributed by atoms with Crippen molar-refractivity contribution in [2.45, 2.75) is 114 Å². The number of fused-ring (bicyclic) bond motifs is 12. The van der Waals surface area contributed by atoms with Crippen LogP contribution in [0.15, 0.2) is 311 Å². The van der Waals surface area contributed by atoms with E-state index in [0.29, 0.717) is 72.8 Å². The molecule has 4 aromatic heterocycles. The molecule has 15 atom stereocenters. The molecule has 0 aliphatic carbocycles. The van der Waals surface area contributed by atoms with Gasteiger partial charge in [-0.1, -0.05) is 237 Å². The number of rotatable bonds is 27. The van der Waals surface area contributed by atoms with Gasteiger partial charge in [0.2, 0.25) is 0 Å².